The van der Waals surface area contributed by atoms with Gasteiger partial charge in [-0.25, -0.2) is 0 Å². The molecule has 0 bridgehead atoms. The Kier molecular flexibility index (Phi) is 6.91. The van der Waals surface area contributed by atoms with Gasteiger partial charge < -0.3 is 14.4 Å². The molecule has 1 aromatic carbocycles. The molecule has 5 rings (SSSR count). The summed E-state index contributed by atoms with van der Waals surface area (Å²) in [5.41, 5.74) is 8.14. The number of ether oxygens (including phenoxy) is 2. The molecule has 2 aromatic heterocycles. The molecule has 2 aliphatic rings. The van der Waals surface area contributed by atoms with Crippen LogP contribution in [0, 0.1) is 19.8 Å². The second-order valence-corrected chi connectivity index (χ2v) is 11.9. The van der Waals surface area contributed by atoms with Gasteiger partial charge in [-0.1, -0.05) is 13.8 Å². The first-order valence-electron chi connectivity index (χ1n) is 12.8. The number of thiophene rings is 2. The van der Waals surface area contributed by atoms with E-state index in [-0.39, 0.29) is 12.2 Å². The van der Waals surface area contributed by atoms with E-state index >= 15 is 0 Å². The van der Waals surface area contributed by atoms with Crippen LogP contribution in [0.3, 0.4) is 0 Å². The van der Waals surface area contributed by atoms with Crippen molar-refractivity contribution in [2.75, 3.05) is 24.7 Å². The van der Waals surface area contributed by atoms with Gasteiger partial charge in [0.25, 0.3) is 0 Å². The zero-order valence-electron chi connectivity index (χ0n) is 21.3. The molecule has 4 heterocycles. The highest BCUT2D eigenvalue weighted by atomic mass is 32.1. The number of nitrogens with zero attached hydrogens (tertiary/aromatic N) is 1. The van der Waals surface area contributed by atoms with E-state index in [1.807, 2.05) is 22.7 Å². The van der Waals surface area contributed by atoms with E-state index < -0.39 is 0 Å². The molecule has 0 N–H and O–H groups in total. The third kappa shape index (κ3) is 4.15. The van der Waals surface area contributed by atoms with Crippen molar-refractivity contribution in [3.8, 4) is 20.2 Å². The maximum absolute atomic E-state index is 6.39. The molecular weight excluding hydrogens is 458 g/mol. The van der Waals surface area contributed by atoms with E-state index in [2.05, 4.69) is 76.1 Å². The Balaban J connectivity index is 1.67. The summed E-state index contributed by atoms with van der Waals surface area (Å²) in [5, 5.41) is 2.20. The fourth-order valence-corrected chi connectivity index (χ4v) is 8.16. The van der Waals surface area contributed by atoms with Crippen molar-refractivity contribution in [1.29, 1.82) is 0 Å². The molecule has 0 fully saturated rings. The first-order valence-corrected chi connectivity index (χ1v) is 14.4. The van der Waals surface area contributed by atoms with Crippen molar-refractivity contribution >= 4 is 28.4 Å². The maximum atomic E-state index is 6.39. The van der Waals surface area contributed by atoms with Crippen molar-refractivity contribution in [2.45, 2.75) is 72.6 Å². The van der Waals surface area contributed by atoms with Crippen molar-refractivity contribution in [3.63, 3.8) is 0 Å². The normalized spacial score (nSPS) is 21.9. The van der Waals surface area contributed by atoms with Gasteiger partial charge >= 0.3 is 0 Å². The van der Waals surface area contributed by atoms with Gasteiger partial charge in [0, 0.05) is 57.2 Å². The van der Waals surface area contributed by atoms with E-state index in [4.69, 9.17) is 9.47 Å². The molecule has 3 atom stereocenters. The molecule has 2 aliphatic heterocycles. The van der Waals surface area contributed by atoms with Gasteiger partial charge in [0.1, 0.15) is 0 Å². The molecular formula is C29H37NO2S2. The average molecular weight is 496 g/mol. The molecule has 0 aliphatic carbocycles. The van der Waals surface area contributed by atoms with E-state index in [1.165, 1.54) is 48.1 Å². The maximum Gasteiger partial charge on any atom is 0.0864 e. The van der Waals surface area contributed by atoms with Crippen LogP contribution in [0.4, 0.5) is 5.69 Å². The van der Waals surface area contributed by atoms with Crippen molar-refractivity contribution in [2.24, 2.45) is 5.92 Å². The van der Waals surface area contributed by atoms with Crippen LogP contribution < -0.4 is 4.90 Å². The summed E-state index contributed by atoms with van der Waals surface area (Å²) in [4.78, 5) is 6.81. The molecule has 0 radical (unpaired) electrons. The Hall–Kier alpha value is -1.66. The predicted octanol–water partition coefficient (Wildman–Crippen LogP) is 8.55. The van der Waals surface area contributed by atoms with Crippen LogP contribution in [-0.2, 0) is 9.47 Å². The molecule has 3 aromatic rings. The van der Waals surface area contributed by atoms with Crippen molar-refractivity contribution < 1.29 is 9.47 Å². The van der Waals surface area contributed by atoms with Gasteiger partial charge in [-0.3, -0.25) is 0 Å². The highest BCUT2D eigenvalue weighted by molar-refractivity contribution is 7.23. The van der Waals surface area contributed by atoms with Crippen molar-refractivity contribution in [3.05, 3.63) is 51.9 Å². The van der Waals surface area contributed by atoms with E-state index in [9.17, 15) is 0 Å². The van der Waals surface area contributed by atoms with Gasteiger partial charge in [-0.15, -0.1) is 22.7 Å². The first-order chi connectivity index (χ1) is 16.4. The number of hydrogen-bond acceptors (Lipinski definition) is 5. The zero-order valence-corrected chi connectivity index (χ0v) is 22.9. The Bertz CT molecular complexity index is 1140. The predicted molar refractivity (Wildman–Crippen MR) is 146 cm³/mol. The van der Waals surface area contributed by atoms with Crippen LogP contribution in [0.2, 0.25) is 0 Å². The summed E-state index contributed by atoms with van der Waals surface area (Å²) in [6.07, 6.45) is 2.41. The number of hydrogen-bond donors (Lipinski definition) is 0. The molecule has 5 heteroatoms. The number of anilines is 1. The van der Waals surface area contributed by atoms with Gasteiger partial charge in [-0.2, -0.15) is 0 Å². The summed E-state index contributed by atoms with van der Waals surface area (Å²) in [6, 6.07) is 9.95. The number of rotatable bonds is 7. The van der Waals surface area contributed by atoms with Crippen LogP contribution in [-0.4, -0.2) is 25.8 Å². The van der Waals surface area contributed by atoms with Crippen LogP contribution >= 0.6 is 22.7 Å². The SMILES string of the molecule is CCOC1CCN2c3c1cc(-c1cc(C)c(-c4sccc4C)s1)cc3C(OCC)CC2C(C)C. The zero-order chi connectivity index (χ0) is 24.0. The van der Waals surface area contributed by atoms with E-state index in [1.54, 1.807) is 0 Å². The topological polar surface area (TPSA) is 21.7 Å². The molecule has 0 spiro atoms. The third-order valence-electron chi connectivity index (χ3n) is 7.41. The average Bonchev–Trinajstić information content (AvgIpc) is 3.41. The monoisotopic (exact) mass is 495 g/mol. The van der Waals surface area contributed by atoms with Crippen LogP contribution in [0.1, 0.15) is 75.0 Å². The highest BCUT2D eigenvalue weighted by Crippen LogP contribution is 2.51. The molecule has 3 nitrogen and oxygen atoms in total. The Morgan fingerprint density at radius 2 is 1.68 bits per heavy atom. The smallest absolute Gasteiger partial charge is 0.0864 e. The molecule has 0 saturated carbocycles. The Labute approximate surface area is 212 Å². The molecule has 0 saturated heterocycles. The lowest BCUT2D eigenvalue weighted by Gasteiger charge is -2.48. The molecule has 182 valence electrons. The van der Waals surface area contributed by atoms with E-state index in [0.717, 1.165) is 32.6 Å². The molecule has 3 unspecified atom stereocenters. The minimum absolute atomic E-state index is 0.141. The number of benzene rings is 1. The van der Waals surface area contributed by atoms with Gasteiger partial charge in [-0.05, 0) is 92.8 Å². The van der Waals surface area contributed by atoms with Gasteiger partial charge in [0.05, 0.1) is 12.2 Å². The quantitative estimate of drug-likeness (QED) is 0.328. The lowest BCUT2D eigenvalue weighted by molar-refractivity contribution is 0.0329. The fourth-order valence-electron chi connectivity index (χ4n) is 5.79. The summed E-state index contributed by atoms with van der Waals surface area (Å²) in [6.45, 7) is 15.9. The Morgan fingerprint density at radius 1 is 0.971 bits per heavy atom. The van der Waals surface area contributed by atoms with Crippen LogP contribution in [0.25, 0.3) is 20.2 Å². The summed E-state index contributed by atoms with van der Waals surface area (Å²) in [5.74, 6) is 0.587. The van der Waals surface area contributed by atoms with E-state index in [0.29, 0.717) is 12.0 Å². The highest BCUT2D eigenvalue weighted by Gasteiger charge is 2.40. The summed E-state index contributed by atoms with van der Waals surface area (Å²) < 4.78 is 12.7. The second-order valence-electron chi connectivity index (χ2n) is 9.98. The van der Waals surface area contributed by atoms with Gasteiger partial charge in [0.2, 0.25) is 0 Å². The van der Waals surface area contributed by atoms with Gasteiger partial charge in [0.15, 0.2) is 0 Å². The third-order valence-corrected chi connectivity index (χ3v) is 9.88. The number of aryl methyl sites for hydroxylation is 2. The summed E-state index contributed by atoms with van der Waals surface area (Å²) >= 11 is 3.77. The standard InChI is InChI=1S/C29H37NO2S2/c1-7-31-24-9-11-30-23(17(3)4)16-25(32-8-2)22-15-20(14-21(24)27(22)30)26-13-19(6)29(34-26)28-18(5)10-12-33-28/h10,12-15,17,23-25H,7-9,11,16H2,1-6H3. The van der Waals surface area contributed by atoms with Crippen molar-refractivity contribution in [1.82, 2.24) is 0 Å². The summed E-state index contributed by atoms with van der Waals surface area (Å²) in [7, 11) is 0. The van der Waals surface area contributed by atoms with Crippen LogP contribution in [0.5, 0.6) is 0 Å². The minimum atomic E-state index is 0.141. The first kappa shape index (κ1) is 24.1. The minimum Gasteiger partial charge on any atom is -0.374 e. The molecule has 0 amide bonds. The van der Waals surface area contributed by atoms with Crippen LogP contribution in [0.15, 0.2) is 29.6 Å². The lowest BCUT2D eigenvalue weighted by Crippen LogP contribution is -2.47. The second kappa shape index (κ2) is 9.77. The molecule has 34 heavy (non-hydrogen) atoms. The fraction of sp³-hybridized carbons (Fsp3) is 0.517. The Morgan fingerprint density at radius 3 is 2.32 bits per heavy atom. The lowest BCUT2D eigenvalue weighted by atomic mass is 9.81. The largest absolute Gasteiger partial charge is 0.374 e.